The smallest absolute Gasteiger partial charge is 0.312 e. The van der Waals surface area contributed by atoms with Gasteiger partial charge in [0.1, 0.15) is 18.3 Å². The van der Waals surface area contributed by atoms with E-state index < -0.39 is 11.9 Å². The molecule has 1 atom stereocenters. The molecule has 0 aliphatic heterocycles. The highest BCUT2D eigenvalue weighted by Gasteiger charge is 2.23. The van der Waals surface area contributed by atoms with Gasteiger partial charge in [-0.25, -0.2) is 9.97 Å². The Morgan fingerprint density at radius 1 is 0.970 bits per heavy atom. The number of rotatable bonds is 8. The minimum atomic E-state index is -1.000. The predicted octanol–water partition coefficient (Wildman–Crippen LogP) is 3.58. The number of carboxylic acids is 1. The predicted molar refractivity (Wildman–Crippen MR) is 125 cm³/mol. The Morgan fingerprint density at radius 3 is 2.36 bits per heavy atom. The summed E-state index contributed by atoms with van der Waals surface area (Å²) < 4.78 is 1.57. The van der Waals surface area contributed by atoms with Gasteiger partial charge in [-0.2, -0.15) is 0 Å². The van der Waals surface area contributed by atoms with Gasteiger partial charge in [0, 0.05) is 18.1 Å². The molecule has 8 heteroatoms. The van der Waals surface area contributed by atoms with Crippen molar-refractivity contribution in [3.63, 3.8) is 0 Å². The molecule has 0 saturated carbocycles. The maximum absolute atomic E-state index is 12.5. The number of nitrogens with one attached hydrogen (secondary N) is 1. The zero-order chi connectivity index (χ0) is 23.2. The number of imidazole rings is 1. The molecule has 1 unspecified atom stereocenters. The molecule has 1 amide bonds. The second kappa shape index (κ2) is 9.78. The molecule has 2 heterocycles. The summed E-state index contributed by atoms with van der Waals surface area (Å²) in [5, 5.41) is 12.5. The number of amides is 1. The molecule has 0 aliphatic rings. The minimum Gasteiger partial charge on any atom is -0.481 e. The van der Waals surface area contributed by atoms with Crippen molar-refractivity contribution in [3.05, 3.63) is 96.7 Å². The number of aliphatic carboxylic acids is 1. The highest BCUT2D eigenvalue weighted by Crippen LogP contribution is 2.22. The fourth-order valence-corrected chi connectivity index (χ4v) is 3.50. The molecule has 0 spiro atoms. The number of nitrogen functional groups attached to an aromatic ring is 1. The third kappa shape index (κ3) is 5.62. The number of aromatic nitrogens is 3. The molecule has 2 aromatic carbocycles. The van der Waals surface area contributed by atoms with Crippen molar-refractivity contribution in [1.82, 2.24) is 14.5 Å². The van der Waals surface area contributed by atoms with E-state index in [-0.39, 0.29) is 18.9 Å². The van der Waals surface area contributed by atoms with Crippen molar-refractivity contribution in [1.29, 1.82) is 0 Å². The fourth-order valence-electron chi connectivity index (χ4n) is 3.50. The summed E-state index contributed by atoms with van der Waals surface area (Å²) in [5.74, 6) is -1.72. The van der Waals surface area contributed by atoms with Crippen molar-refractivity contribution in [3.8, 4) is 11.1 Å². The Hall–Kier alpha value is -4.46. The topological polar surface area (TPSA) is 123 Å². The summed E-state index contributed by atoms with van der Waals surface area (Å²) in [6.07, 6.45) is 4.82. The van der Waals surface area contributed by atoms with Gasteiger partial charge in [-0.3, -0.25) is 9.59 Å². The maximum Gasteiger partial charge on any atom is 0.312 e. The van der Waals surface area contributed by atoms with E-state index in [9.17, 15) is 14.7 Å². The first-order valence-corrected chi connectivity index (χ1v) is 10.4. The SMILES string of the molecule is Nc1ccc(CC(C(=O)O)c2cn(CC(=O)Nc3ccc(-c4ccccc4)cc3)cn2)cn1. The second-order valence-electron chi connectivity index (χ2n) is 7.65. The number of benzene rings is 2. The van der Waals surface area contributed by atoms with Crippen LogP contribution in [0.25, 0.3) is 11.1 Å². The lowest BCUT2D eigenvalue weighted by Crippen LogP contribution is -2.18. The largest absolute Gasteiger partial charge is 0.481 e. The lowest BCUT2D eigenvalue weighted by Gasteiger charge is -2.10. The normalized spacial score (nSPS) is 11.6. The first-order chi connectivity index (χ1) is 16.0. The zero-order valence-corrected chi connectivity index (χ0v) is 17.8. The zero-order valence-electron chi connectivity index (χ0n) is 17.8. The van der Waals surface area contributed by atoms with Crippen LogP contribution in [-0.4, -0.2) is 31.5 Å². The van der Waals surface area contributed by atoms with E-state index >= 15 is 0 Å². The van der Waals surface area contributed by atoms with Crippen LogP contribution in [0.1, 0.15) is 17.2 Å². The standard InChI is InChI=1S/C25H23N5O3/c26-23-11-6-17(13-27-23)12-21(25(32)33)22-14-30(16-28-22)15-24(31)29-20-9-7-19(8-10-20)18-4-2-1-3-5-18/h1-11,13-14,16,21H,12,15H2,(H2,26,27)(H,29,31)(H,32,33). The molecule has 4 rings (SSSR count). The summed E-state index contributed by atoms with van der Waals surface area (Å²) in [7, 11) is 0. The summed E-state index contributed by atoms with van der Waals surface area (Å²) >= 11 is 0. The Labute approximate surface area is 190 Å². The quantitative estimate of drug-likeness (QED) is 0.384. The number of anilines is 2. The summed E-state index contributed by atoms with van der Waals surface area (Å²) in [6, 6.07) is 20.9. The highest BCUT2D eigenvalue weighted by molar-refractivity contribution is 5.90. The molecule has 33 heavy (non-hydrogen) atoms. The van der Waals surface area contributed by atoms with Crippen LogP contribution in [0.15, 0.2) is 85.5 Å². The van der Waals surface area contributed by atoms with E-state index in [1.54, 1.807) is 29.1 Å². The van der Waals surface area contributed by atoms with Crippen LogP contribution < -0.4 is 11.1 Å². The van der Waals surface area contributed by atoms with Gasteiger partial charge in [0.05, 0.1) is 12.0 Å². The lowest BCUT2D eigenvalue weighted by atomic mass is 9.98. The Kier molecular flexibility index (Phi) is 6.45. The van der Waals surface area contributed by atoms with E-state index in [1.165, 1.54) is 6.33 Å². The van der Waals surface area contributed by atoms with Crippen LogP contribution >= 0.6 is 0 Å². The van der Waals surface area contributed by atoms with Crippen molar-refractivity contribution in [2.45, 2.75) is 18.9 Å². The molecular weight excluding hydrogens is 418 g/mol. The van der Waals surface area contributed by atoms with Gasteiger partial charge in [-0.15, -0.1) is 0 Å². The van der Waals surface area contributed by atoms with Crippen LogP contribution in [0.3, 0.4) is 0 Å². The van der Waals surface area contributed by atoms with E-state index in [2.05, 4.69) is 15.3 Å². The molecule has 0 saturated heterocycles. The average Bonchev–Trinajstić information content (AvgIpc) is 3.27. The van der Waals surface area contributed by atoms with Crippen molar-refractivity contribution in [2.75, 3.05) is 11.1 Å². The van der Waals surface area contributed by atoms with Gasteiger partial charge in [-0.05, 0) is 41.3 Å². The number of hydrogen-bond acceptors (Lipinski definition) is 5. The molecule has 0 radical (unpaired) electrons. The number of pyridine rings is 1. The van der Waals surface area contributed by atoms with Crippen LogP contribution in [0, 0.1) is 0 Å². The fraction of sp³-hybridized carbons (Fsp3) is 0.120. The first kappa shape index (κ1) is 21.8. The van der Waals surface area contributed by atoms with E-state index in [1.807, 2.05) is 54.6 Å². The van der Waals surface area contributed by atoms with Gasteiger partial charge in [0.2, 0.25) is 5.91 Å². The van der Waals surface area contributed by atoms with Gasteiger partial charge in [0.15, 0.2) is 0 Å². The highest BCUT2D eigenvalue weighted by atomic mass is 16.4. The van der Waals surface area contributed by atoms with E-state index in [0.717, 1.165) is 16.7 Å². The van der Waals surface area contributed by atoms with Crippen molar-refractivity contribution >= 4 is 23.4 Å². The summed E-state index contributed by atoms with van der Waals surface area (Å²) in [6.45, 7) is 0.0171. The maximum atomic E-state index is 12.5. The molecular formula is C25H23N5O3. The second-order valence-corrected chi connectivity index (χ2v) is 7.65. The van der Waals surface area contributed by atoms with Crippen molar-refractivity contribution in [2.24, 2.45) is 0 Å². The molecule has 0 fully saturated rings. The van der Waals surface area contributed by atoms with Gasteiger partial charge >= 0.3 is 5.97 Å². The molecule has 166 valence electrons. The van der Waals surface area contributed by atoms with Crippen LogP contribution in [0.4, 0.5) is 11.5 Å². The van der Waals surface area contributed by atoms with Crippen molar-refractivity contribution < 1.29 is 14.7 Å². The molecule has 4 aromatic rings. The van der Waals surface area contributed by atoms with Crippen LogP contribution in [0.5, 0.6) is 0 Å². The summed E-state index contributed by atoms with van der Waals surface area (Å²) in [5.41, 5.74) is 9.54. The molecule has 0 bridgehead atoms. The number of nitrogens with zero attached hydrogens (tertiary/aromatic N) is 3. The van der Waals surface area contributed by atoms with Gasteiger partial charge < -0.3 is 20.7 Å². The minimum absolute atomic E-state index is 0.0171. The number of carboxylic acid groups (broad SMARTS) is 1. The third-order valence-electron chi connectivity index (χ3n) is 5.20. The van der Waals surface area contributed by atoms with E-state index in [4.69, 9.17) is 5.73 Å². The van der Waals surface area contributed by atoms with Crippen LogP contribution in [-0.2, 0) is 22.6 Å². The average molecular weight is 441 g/mol. The van der Waals surface area contributed by atoms with Crippen LogP contribution in [0.2, 0.25) is 0 Å². The third-order valence-corrected chi connectivity index (χ3v) is 5.20. The van der Waals surface area contributed by atoms with Gasteiger partial charge in [0.25, 0.3) is 0 Å². The molecule has 2 aromatic heterocycles. The molecule has 4 N–H and O–H groups in total. The number of carbonyl (C=O) groups excluding carboxylic acids is 1. The summed E-state index contributed by atoms with van der Waals surface area (Å²) in [4.78, 5) is 32.5. The Balaban J connectivity index is 1.38. The Morgan fingerprint density at radius 2 is 1.70 bits per heavy atom. The number of carbonyl (C=O) groups is 2. The molecule has 0 aliphatic carbocycles. The monoisotopic (exact) mass is 441 g/mol. The first-order valence-electron chi connectivity index (χ1n) is 10.4. The number of nitrogens with two attached hydrogens (primary N) is 1. The lowest BCUT2D eigenvalue weighted by molar-refractivity contribution is -0.138. The molecule has 8 nitrogen and oxygen atoms in total. The van der Waals surface area contributed by atoms with Gasteiger partial charge in [-0.1, -0.05) is 48.5 Å². The Bertz CT molecular complexity index is 1240. The number of hydrogen-bond donors (Lipinski definition) is 3. The van der Waals surface area contributed by atoms with E-state index in [0.29, 0.717) is 17.2 Å².